The molecule has 1 aromatic carbocycles. The number of aliphatic hydroxyl groups excluding tert-OH is 1. The largest absolute Gasteiger partial charge is 0.395 e. The molecule has 1 saturated heterocycles. The Labute approximate surface area is 128 Å². The van der Waals surface area contributed by atoms with E-state index in [2.05, 4.69) is 20.8 Å². The predicted molar refractivity (Wildman–Crippen MR) is 81.4 cm³/mol. The third kappa shape index (κ3) is 3.59. The Morgan fingerprint density at radius 3 is 2.20 bits per heavy atom. The van der Waals surface area contributed by atoms with Crippen molar-refractivity contribution < 1.29 is 13.5 Å². The van der Waals surface area contributed by atoms with Crippen LogP contribution >= 0.6 is 15.9 Å². The lowest BCUT2D eigenvalue weighted by atomic mass is 10.2. The number of halogens is 1. The van der Waals surface area contributed by atoms with Crippen molar-refractivity contribution in [1.82, 2.24) is 9.21 Å². The van der Waals surface area contributed by atoms with Crippen LogP contribution in [0.1, 0.15) is 5.56 Å². The topological polar surface area (TPSA) is 60.9 Å². The summed E-state index contributed by atoms with van der Waals surface area (Å²) in [4.78, 5) is 2.41. The summed E-state index contributed by atoms with van der Waals surface area (Å²) in [5.41, 5.74) is 1.05. The van der Waals surface area contributed by atoms with Crippen molar-refractivity contribution in [3.63, 3.8) is 0 Å². The minimum Gasteiger partial charge on any atom is -0.395 e. The Kier molecular flexibility index (Phi) is 5.57. The van der Waals surface area contributed by atoms with E-state index >= 15 is 0 Å². The third-order valence-electron chi connectivity index (χ3n) is 3.46. The van der Waals surface area contributed by atoms with Gasteiger partial charge in [0.25, 0.3) is 0 Å². The number of piperazine rings is 1. The Morgan fingerprint density at radius 1 is 1.10 bits per heavy atom. The summed E-state index contributed by atoms with van der Waals surface area (Å²) in [6.07, 6.45) is 0. The molecule has 1 heterocycles. The highest BCUT2D eigenvalue weighted by Crippen LogP contribution is 2.19. The Bertz CT molecular complexity index is 525. The molecular formula is C13H19BrN2O3S. The number of β-amino-alcohol motifs (C(OH)–C–C–N with tert-alkyl or cyclic N) is 1. The van der Waals surface area contributed by atoms with E-state index in [9.17, 15) is 8.42 Å². The number of benzene rings is 1. The van der Waals surface area contributed by atoms with Gasteiger partial charge in [-0.25, -0.2) is 8.42 Å². The van der Waals surface area contributed by atoms with Crippen LogP contribution in [-0.4, -0.2) is 62.1 Å². The highest BCUT2D eigenvalue weighted by molar-refractivity contribution is 9.08. The lowest BCUT2D eigenvalue weighted by Crippen LogP contribution is -2.49. The summed E-state index contributed by atoms with van der Waals surface area (Å²) in [5.74, 6) is 0. The van der Waals surface area contributed by atoms with Gasteiger partial charge in [0.05, 0.1) is 11.5 Å². The van der Waals surface area contributed by atoms with Crippen LogP contribution in [0.3, 0.4) is 0 Å². The van der Waals surface area contributed by atoms with Gasteiger partial charge in [0.15, 0.2) is 0 Å². The number of alkyl halides is 1. The van der Waals surface area contributed by atoms with Crippen LogP contribution in [-0.2, 0) is 15.4 Å². The standard InChI is InChI=1S/C13H19BrN2O3S/c14-11-12-1-3-13(4-2-12)20(18,19)16-7-5-15(6-8-16)9-10-17/h1-4,17H,5-11H2. The molecule has 0 radical (unpaired) electrons. The van der Waals surface area contributed by atoms with Gasteiger partial charge in [-0.1, -0.05) is 28.1 Å². The van der Waals surface area contributed by atoms with Gasteiger partial charge in [0, 0.05) is 38.1 Å². The fourth-order valence-corrected chi connectivity index (χ4v) is 4.03. The second kappa shape index (κ2) is 7.00. The van der Waals surface area contributed by atoms with E-state index < -0.39 is 10.0 Å². The normalized spacial score (nSPS) is 18.3. The molecule has 0 unspecified atom stereocenters. The molecule has 0 bridgehead atoms. The molecule has 0 spiro atoms. The second-order valence-corrected chi connectivity index (χ2v) is 7.25. The average Bonchev–Trinajstić information content (AvgIpc) is 2.48. The molecule has 20 heavy (non-hydrogen) atoms. The maximum atomic E-state index is 12.5. The van der Waals surface area contributed by atoms with Gasteiger partial charge >= 0.3 is 0 Å². The van der Waals surface area contributed by atoms with Gasteiger partial charge in [-0.15, -0.1) is 0 Å². The van der Waals surface area contributed by atoms with Crippen molar-refractivity contribution in [3.8, 4) is 0 Å². The van der Waals surface area contributed by atoms with Crippen molar-refractivity contribution in [2.75, 3.05) is 39.3 Å². The van der Waals surface area contributed by atoms with Crippen molar-refractivity contribution >= 4 is 26.0 Å². The molecule has 1 fully saturated rings. The maximum Gasteiger partial charge on any atom is 0.243 e. The molecule has 1 aromatic rings. The van der Waals surface area contributed by atoms with E-state index in [0.717, 1.165) is 5.56 Å². The highest BCUT2D eigenvalue weighted by atomic mass is 79.9. The number of hydrogen-bond acceptors (Lipinski definition) is 4. The van der Waals surface area contributed by atoms with Crippen molar-refractivity contribution in [2.24, 2.45) is 0 Å². The van der Waals surface area contributed by atoms with E-state index in [0.29, 0.717) is 42.9 Å². The van der Waals surface area contributed by atoms with Gasteiger partial charge in [0.1, 0.15) is 0 Å². The number of hydrogen-bond donors (Lipinski definition) is 1. The van der Waals surface area contributed by atoms with Crippen molar-refractivity contribution in [3.05, 3.63) is 29.8 Å². The minimum atomic E-state index is -3.40. The van der Waals surface area contributed by atoms with Gasteiger partial charge < -0.3 is 5.11 Å². The van der Waals surface area contributed by atoms with E-state index in [-0.39, 0.29) is 6.61 Å². The number of rotatable bonds is 5. The quantitative estimate of drug-likeness (QED) is 0.789. The molecule has 0 atom stereocenters. The zero-order valence-electron chi connectivity index (χ0n) is 11.2. The molecule has 0 aliphatic carbocycles. The first kappa shape index (κ1) is 15.9. The molecule has 7 heteroatoms. The molecule has 5 nitrogen and oxygen atoms in total. The van der Waals surface area contributed by atoms with Crippen LogP contribution in [0.25, 0.3) is 0 Å². The van der Waals surface area contributed by atoms with Crippen molar-refractivity contribution in [2.45, 2.75) is 10.2 Å². The maximum absolute atomic E-state index is 12.5. The summed E-state index contributed by atoms with van der Waals surface area (Å²) in [6, 6.07) is 6.96. The van der Waals surface area contributed by atoms with Crippen LogP contribution in [0.15, 0.2) is 29.2 Å². The zero-order valence-corrected chi connectivity index (χ0v) is 13.6. The predicted octanol–water partition coefficient (Wildman–Crippen LogP) is 0.880. The van der Waals surface area contributed by atoms with Gasteiger partial charge in [-0.05, 0) is 17.7 Å². The lowest BCUT2D eigenvalue weighted by Gasteiger charge is -2.33. The molecule has 1 aliphatic rings. The van der Waals surface area contributed by atoms with Gasteiger partial charge in [-0.2, -0.15) is 4.31 Å². The fourth-order valence-electron chi connectivity index (χ4n) is 2.23. The molecule has 0 amide bonds. The smallest absolute Gasteiger partial charge is 0.243 e. The summed E-state index contributed by atoms with van der Waals surface area (Å²) < 4.78 is 26.5. The number of sulfonamides is 1. The van der Waals surface area contributed by atoms with Crippen LogP contribution < -0.4 is 0 Å². The van der Waals surface area contributed by atoms with Crippen LogP contribution in [0.2, 0.25) is 0 Å². The minimum absolute atomic E-state index is 0.112. The Morgan fingerprint density at radius 2 is 1.70 bits per heavy atom. The zero-order chi connectivity index (χ0) is 14.6. The van der Waals surface area contributed by atoms with Crippen molar-refractivity contribution in [1.29, 1.82) is 0 Å². The van der Waals surface area contributed by atoms with Gasteiger partial charge in [-0.3, -0.25) is 4.90 Å². The first-order chi connectivity index (χ1) is 9.57. The molecule has 2 rings (SSSR count). The lowest BCUT2D eigenvalue weighted by molar-refractivity contribution is 0.151. The second-order valence-electron chi connectivity index (χ2n) is 4.75. The monoisotopic (exact) mass is 362 g/mol. The highest BCUT2D eigenvalue weighted by Gasteiger charge is 2.28. The molecule has 0 saturated carbocycles. The van der Waals surface area contributed by atoms with Crippen LogP contribution in [0, 0.1) is 0 Å². The third-order valence-corrected chi connectivity index (χ3v) is 6.02. The SMILES string of the molecule is O=S(=O)(c1ccc(CBr)cc1)N1CCN(CCO)CC1. The number of aliphatic hydroxyl groups is 1. The fraction of sp³-hybridized carbons (Fsp3) is 0.538. The Hall–Kier alpha value is -0.470. The van der Waals surface area contributed by atoms with Crippen LogP contribution in [0.4, 0.5) is 0 Å². The molecular weight excluding hydrogens is 344 g/mol. The van der Waals surface area contributed by atoms with E-state index in [4.69, 9.17) is 5.11 Å². The van der Waals surface area contributed by atoms with E-state index in [1.807, 2.05) is 12.1 Å². The summed E-state index contributed by atoms with van der Waals surface area (Å²) in [7, 11) is -3.40. The van der Waals surface area contributed by atoms with E-state index in [1.165, 1.54) is 4.31 Å². The summed E-state index contributed by atoms with van der Waals surface area (Å²) >= 11 is 3.34. The van der Waals surface area contributed by atoms with Gasteiger partial charge in [0.2, 0.25) is 10.0 Å². The molecule has 0 aromatic heterocycles. The first-order valence-electron chi connectivity index (χ1n) is 6.56. The average molecular weight is 363 g/mol. The first-order valence-corrected chi connectivity index (χ1v) is 9.12. The van der Waals surface area contributed by atoms with Crippen LogP contribution in [0.5, 0.6) is 0 Å². The molecule has 112 valence electrons. The molecule has 1 N–H and O–H groups in total. The summed E-state index contributed by atoms with van der Waals surface area (Å²) in [5, 5.41) is 9.61. The molecule has 1 aliphatic heterocycles. The Balaban J connectivity index is 2.07. The summed E-state index contributed by atoms with van der Waals surface area (Å²) in [6.45, 7) is 3.00. The number of nitrogens with zero attached hydrogens (tertiary/aromatic N) is 2. The van der Waals surface area contributed by atoms with E-state index in [1.54, 1.807) is 12.1 Å².